The van der Waals surface area contributed by atoms with Crippen LogP contribution in [0.15, 0.2) is 174 Å². The molecule has 7 aromatic rings. The fourth-order valence-electron chi connectivity index (χ4n) is 5.81. The number of hydrogen-bond acceptors (Lipinski definition) is 6. The first-order chi connectivity index (χ1) is 23.3. The normalized spacial score (nSPS) is 11.0. The maximum absolute atomic E-state index is 13.6. The van der Waals surface area contributed by atoms with Gasteiger partial charge in [0.15, 0.2) is 32.6 Å². The Hall–Kier alpha value is -6.66. The van der Waals surface area contributed by atoms with Crippen molar-refractivity contribution in [3.63, 3.8) is 0 Å². The number of fused-ring (bicyclic) bond motifs is 12. The Bertz CT molecular complexity index is 2330. The molecule has 0 aliphatic heterocycles. The Morgan fingerprint density at radius 1 is 0.188 bits per heavy atom. The van der Waals surface area contributed by atoms with Crippen molar-refractivity contribution in [2.24, 2.45) is 0 Å². The van der Waals surface area contributed by atoms with Gasteiger partial charge in [0.2, 0.25) is 0 Å². The van der Waals surface area contributed by atoms with E-state index in [4.69, 9.17) is 0 Å². The largest absolute Gasteiger partial charge is 0.289 e. The minimum atomic E-state index is -0.379. The SMILES string of the molecule is O=c1c2cccc(c2)c(=O)c2cccc(c2)c(=O)c2cccc(c2)c(=O)c2cccc(c2)c(=O)c2cccc(c2)c(=O)c2cccc1c2. The average molecular weight is 625 g/mol. The highest BCUT2D eigenvalue weighted by atomic mass is 16.1. The van der Waals surface area contributed by atoms with Crippen LogP contribution in [0.5, 0.6) is 0 Å². The van der Waals surface area contributed by atoms with Crippen LogP contribution in [0.4, 0.5) is 0 Å². The summed E-state index contributed by atoms with van der Waals surface area (Å²) in [7, 11) is 0. The number of benzene rings is 6. The summed E-state index contributed by atoms with van der Waals surface area (Å²) in [5, 5.41) is 3.04. The molecule has 0 aliphatic carbocycles. The predicted octanol–water partition coefficient (Wildman–Crippen LogP) is 6.45. The first-order valence-corrected chi connectivity index (χ1v) is 15.2. The molecule has 7 rings (SSSR count). The summed E-state index contributed by atoms with van der Waals surface area (Å²) in [4.78, 5) is 81.5. The zero-order chi connectivity index (χ0) is 33.4. The molecule has 0 amide bonds. The molecule has 0 N–H and O–H groups in total. The fourth-order valence-corrected chi connectivity index (χ4v) is 5.81. The zero-order valence-corrected chi connectivity index (χ0v) is 25.3. The molecule has 0 spiro atoms. The Labute approximate surface area is 271 Å². The molecule has 0 fully saturated rings. The topological polar surface area (TPSA) is 102 Å². The van der Waals surface area contributed by atoms with Gasteiger partial charge in [0.05, 0.1) is 0 Å². The summed E-state index contributed by atoms with van der Waals surface area (Å²) < 4.78 is 0. The summed E-state index contributed by atoms with van der Waals surface area (Å²) in [5.74, 6) is 0. The fraction of sp³-hybridized carbons (Fsp3) is 0. The van der Waals surface area contributed by atoms with Crippen LogP contribution in [0.2, 0.25) is 0 Å². The van der Waals surface area contributed by atoms with E-state index >= 15 is 0 Å². The molecule has 48 heavy (non-hydrogen) atoms. The van der Waals surface area contributed by atoms with Crippen molar-refractivity contribution >= 4 is 64.6 Å². The van der Waals surface area contributed by atoms with E-state index in [0.717, 1.165) is 0 Å². The van der Waals surface area contributed by atoms with Gasteiger partial charge in [0.25, 0.3) is 0 Å². The highest BCUT2D eigenvalue weighted by Gasteiger charge is 2.04. The van der Waals surface area contributed by atoms with Crippen LogP contribution in [0.25, 0.3) is 64.6 Å². The molecule has 6 heteroatoms. The lowest BCUT2D eigenvalue weighted by atomic mass is 10.1. The van der Waals surface area contributed by atoms with Gasteiger partial charge in [0, 0.05) is 64.6 Å². The van der Waals surface area contributed by atoms with Crippen molar-refractivity contribution in [3.8, 4) is 0 Å². The van der Waals surface area contributed by atoms with E-state index in [1.807, 2.05) is 0 Å². The molecule has 0 radical (unpaired) electrons. The quantitative estimate of drug-likeness (QED) is 0.192. The molecule has 228 valence electrons. The first-order valence-electron chi connectivity index (χ1n) is 15.2. The van der Waals surface area contributed by atoms with Crippen molar-refractivity contribution in [3.05, 3.63) is 207 Å². The molecule has 0 aliphatic rings. The Kier molecular flexibility index (Phi) is 7.67. The van der Waals surface area contributed by atoms with Crippen molar-refractivity contribution in [2.75, 3.05) is 0 Å². The van der Waals surface area contributed by atoms with E-state index < -0.39 is 0 Å². The lowest BCUT2D eigenvalue weighted by molar-refractivity contribution is 1.66. The van der Waals surface area contributed by atoms with Gasteiger partial charge in [-0.05, 0) is 36.4 Å². The summed E-state index contributed by atoms with van der Waals surface area (Å²) in [5.41, 5.74) is -2.27. The van der Waals surface area contributed by atoms with E-state index in [-0.39, 0.29) is 97.2 Å². The third kappa shape index (κ3) is 5.63. The minimum Gasteiger partial charge on any atom is -0.289 e. The first kappa shape index (κ1) is 30.0. The van der Waals surface area contributed by atoms with Crippen LogP contribution in [-0.2, 0) is 0 Å². The van der Waals surface area contributed by atoms with Gasteiger partial charge in [-0.1, -0.05) is 109 Å². The second-order valence-electron chi connectivity index (χ2n) is 11.5. The molecular formula is C42H24O6. The minimum absolute atomic E-state index is 0.253. The maximum Gasteiger partial charge on any atom is 0.193 e. The third-order valence-corrected chi connectivity index (χ3v) is 8.32. The van der Waals surface area contributed by atoms with Crippen molar-refractivity contribution in [1.82, 2.24) is 0 Å². The molecule has 6 nitrogen and oxygen atoms in total. The van der Waals surface area contributed by atoms with Crippen LogP contribution in [0.3, 0.4) is 0 Å². The predicted molar refractivity (Wildman–Crippen MR) is 196 cm³/mol. The van der Waals surface area contributed by atoms with Crippen molar-refractivity contribution in [1.29, 1.82) is 0 Å². The lowest BCUT2D eigenvalue weighted by Gasteiger charge is -1.95. The standard InChI is InChI=1S/C42H24O6/c43-37-25-7-1-8-26(19-25)38(44)28-10-3-12-30(21-28)40(46)32-14-5-16-34(23-32)42(48)36-18-6-17-35(24-36)41(47)33-15-4-13-31(22-33)39(45)29-11-2-9-27(37)20-29/h1-24H. The van der Waals surface area contributed by atoms with Crippen LogP contribution >= 0.6 is 0 Å². The molecule has 0 saturated carbocycles. The molecule has 0 heterocycles. The summed E-state index contributed by atoms with van der Waals surface area (Å²) in [6, 6.07) is 37.7. The average Bonchev–Trinajstić information content (AvgIpc) is 3.16. The van der Waals surface area contributed by atoms with E-state index in [2.05, 4.69) is 0 Å². The lowest BCUT2D eigenvalue weighted by Crippen LogP contribution is -2.05. The molecular weight excluding hydrogens is 600 g/mol. The highest BCUT2D eigenvalue weighted by Crippen LogP contribution is 2.10. The number of rotatable bonds is 0. The highest BCUT2D eigenvalue weighted by molar-refractivity contribution is 5.82. The van der Waals surface area contributed by atoms with Gasteiger partial charge in [-0.3, -0.25) is 28.8 Å². The second-order valence-corrected chi connectivity index (χ2v) is 11.5. The second kappa shape index (κ2) is 12.3. The monoisotopic (exact) mass is 624 g/mol. The summed E-state index contributed by atoms with van der Waals surface area (Å²) in [6.45, 7) is 0. The van der Waals surface area contributed by atoms with E-state index in [1.165, 1.54) is 36.4 Å². The zero-order valence-electron chi connectivity index (χ0n) is 25.3. The van der Waals surface area contributed by atoms with Crippen molar-refractivity contribution < 1.29 is 0 Å². The Morgan fingerprint density at radius 2 is 0.292 bits per heavy atom. The van der Waals surface area contributed by atoms with Crippen LogP contribution < -0.4 is 32.6 Å². The van der Waals surface area contributed by atoms with E-state index in [1.54, 1.807) is 109 Å². The number of hydrogen-bond donors (Lipinski definition) is 0. The molecule has 0 saturated heterocycles. The summed E-state index contributed by atoms with van der Waals surface area (Å²) in [6.07, 6.45) is 0. The molecule has 7 aromatic carbocycles. The van der Waals surface area contributed by atoms with E-state index in [9.17, 15) is 28.8 Å². The van der Waals surface area contributed by atoms with Crippen LogP contribution in [0.1, 0.15) is 0 Å². The third-order valence-electron chi connectivity index (χ3n) is 8.32. The van der Waals surface area contributed by atoms with Gasteiger partial charge in [-0.2, -0.15) is 0 Å². The molecule has 12 bridgehead atoms. The van der Waals surface area contributed by atoms with Crippen LogP contribution in [0, 0.1) is 0 Å². The van der Waals surface area contributed by atoms with E-state index in [0.29, 0.717) is 0 Å². The smallest absolute Gasteiger partial charge is 0.193 e. The van der Waals surface area contributed by atoms with Crippen LogP contribution in [-0.4, -0.2) is 0 Å². The molecule has 0 atom stereocenters. The Morgan fingerprint density at radius 3 is 0.396 bits per heavy atom. The van der Waals surface area contributed by atoms with Gasteiger partial charge in [-0.15, -0.1) is 0 Å². The van der Waals surface area contributed by atoms with Crippen molar-refractivity contribution in [2.45, 2.75) is 0 Å². The van der Waals surface area contributed by atoms with Gasteiger partial charge in [-0.25, -0.2) is 0 Å². The molecule has 0 unspecified atom stereocenters. The van der Waals surface area contributed by atoms with Gasteiger partial charge in [0.1, 0.15) is 0 Å². The summed E-state index contributed by atoms with van der Waals surface area (Å²) >= 11 is 0. The molecule has 0 aromatic heterocycles. The van der Waals surface area contributed by atoms with Gasteiger partial charge >= 0.3 is 0 Å². The van der Waals surface area contributed by atoms with Gasteiger partial charge < -0.3 is 0 Å². The maximum atomic E-state index is 13.6. The Balaban J connectivity index is 1.68.